The van der Waals surface area contributed by atoms with Crippen molar-refractivity contribution in [3.05, 3.63) is 28.2 Å². The van der Waals surface area contributed by atoms with Crippen LogP contribution < -0.4 is 0 Å². The Labute approximate surface area is 103 Å². The van der Waals surface area contributed by atoms with E-state index in [0.29, 0.717) is 4.75 Å². The second-order valence-corrected chi connectivity index (χ2v) is 6.75. The highest BCUT2D eigenvalue weighted by atomic mass is 79.9. The maximum atomic E-state index is 5.46. The molecule has 2 aliphatic rings. The highest BCUT2D eigenvalue weighted by Gasteiger charge is 2.39. The van der Waals surface area contributed by atoms with Crippen LogP contribution in [0.15, 0.2) is 27.6 Å². The van der Waals surface area contributed by atoms with Gasteiger partial charge in [0.1, 0.15) is 0 Å². The van der Waals surface area contributed by atoms with E-state index in [1.807, 2.05) is 0 Å². The number of rotatable bonds is 0. The minimum Gasteiger partial charge on any atom is -0.381 e. The predicted molar refractivity (Wildman–Crippen MR) is 66.5 cm³/mol. The van der Waals surface area contributed by atoms with Crippen LogP contribution in [0.4, 0.5) is 0 Å². The highest BCUT2D eigenvalue weighted by molar-refractivity contribution is 9.10. The number of thioether (sulfide) groups is 1. The number of halogens is 1. The molecule has 3 rings (SSSR count). The summed E-state index contributed by atoms with van der Waals surface area (Å²) in [5, 5.41) is 0. The normalized spacial score (nSPS) is 23.0. The molecule has 0 radical (unpaired) electrons. The molecule has 2 heterocycles. The van der Waals surface area contributed by atoms with Crippen molar-refractivity contribution in [1.82, 2.24) is 0 Å². The number of hydrogen-bond donors (Lipinski definition) is 0. The van der Waals surface area contributed by atoms with Crippen LogP contribution in [0.2, 0.25) is 0 Å². The van der Waals surface area contributed by atoms with E-state index in [4.69, 9.17) is 4.74 Å². The van der Waals surface area contributed by atoms with Crippen LogP contribution in [0.3, 0.4) is 0 Å². The topological polar surface area (TPSA) is 9.23 Å². The van der Waals surface area contributed by atoms with Gasteiger partial charge in [-0.2, -0.15) is 0 Å². The zero-order valence-electron chi connectivity index (χ0n) is 8.46. The van der Waals surface area contributed by atoms with Gasteiger partial charge in [-0.05, 0) is 37.0 Å². The Hall–Kier alpha value is 0.01000. The molecule has 1 fully saturated rings. The molecule has 1 aromatic rings. The Bertz CT molecular complexity index is 385. The molecule has 15 heavy (non-hydrogen) atoms. The van der Waals surface area contributed by atoms with Gasteiger partial charge >= 0.3 is 0 Å². The molecule has 2 aliphatic heterocycles. The van der Waals surface area contributed by atoms with Crippen LogP contribution in [0.1, 0.15) is 18.4 Å². The number of hydrogen-bond acceptors (Lipinski definition) is 2. The number of benzene rings is 1. The molecule has 1 saturated heterocycles. The van der Waals surface area contributed by atoms with E-state index in [1.165, 1.54) is 34.2 Å². The second-order valence-electron chi connectivity index (χ2n) is 4.33. The first-order valence-electron chi connectivity index (χ1n) is 5.33. The van der Waals surface area contributed by atoms with Crippen LogP contribution >= 0.6 is 27.7 Å². The fraction of sp³-hybridized carbons (Fsp3) is 0.500. The van der Waals surface area contributed by atoms with E-state index in [0.717, 1.165) is 13.2 Å². The van der Waals surface area contributed by atoms with E-state index < -0.39 is 0 Å². The van der Waals surface area contributed by atoms with E-state index in [9.17, 15) is 0 Å². The van der Waals surface area contributed by atoms with Crippen molar-refractivity contribution < 1.29 is 4.74 Å². The zero-order chi connectivity index (χ0) is 10.3. The lowest BCUT2D eigenvalue weighted by molar-refractivity contribution is 0.0782. The van der Waals surface area contributed by atoms with Gasteiger partial charge in [-0.25, -0.2) is 0 Å². The summed E-state index contributed by atoms with van der Waals surface area (Å²) in [6, 6.07) is 6.67. The van der Waals surface area contributed by atoms with Crippen LogP contribution in [0.5, 0.6) is 0 Å². The van der Waals surface area contributed by atoms with Crippen molar-refractivity contribution in [2.75, 3.05) is 13.2 Å². The summed E-state index contributed by atoms with van der Waals surface area (Å²) in [4.78, 5) is 1.46. The van der Waals surface area contributed by atoms with Crippen molar-refractivity contribution in [1.29, 1.82) is 0 Å². The largest absolute Gasteiger partial charge is 0.381 e. The quantitative estimate of drug-likeness (QED) is 0.719. The lowest BCUT2D eigenvalue weighted by atomic mass is 9.92. The standard InChI is InChI=1S/C12H13BrOS/c13-10-2-1-9-8-12(15-11(9)7-10)3-5-14-6-4-12/h1-2,7H,3-6,8H2. The molecule has 0 unspecified atom stereocenters. The Balaban J connectivity index is 1.90. The van der Waals surface area contributed by atoms with E-state index in [2.05, 4.69) is 45.9 Å². The van der Waals surface area contributed by atoms with Crippen LogP contribution in [0, 0.1) is 0 Å². The van der Waals surface area contributed by atoms with Crippen molar-refractivity contribution in [2.45, 2.75) is 28.9 Å². The molecule has 0 aromatic heterocycles. The maximum absolute atomic E-state index is 5.46. The predicted octanol–water partition coefficient (Wildman–Crippen LogP) is 3.65. The number of fused-ring (bicyclic) bond motifs is 1. The zero-order valence-corrected chi connectivity index (χ0v) is 10.9. The summed E-state index contributed by atoms with van der Waals surface area (Å²) in [5.41, 5.74) is 1.52. The summed E-state index contributed by atoms with van der Waals surface area (Å²) < 4.78 is 7.09. The van der Waals surface area contributed by atoms with Crippen LogP contribution in [0.25, 0.3) is 0 Å². The van der Waals surface area contributed by atoms with Crippen molar-refractivity contribution in [2.24, 2.45) is 0 Å². The van der Waals surface area contributed by atoms with Crippen molar-refractivity contribution >= 4 is 27.7 Å². The first-order valence-corrected chi connectivity index (χ1v) is 6.94. The molecule has 1 aromatic carbocycles. The Morgan fingerprint density at radius 2 is 2.07 bits per heavy atom. The molecule has 3 heteroatoms. The smallest absolute Gasteiger partial charge is 0.0479 e. The van der Waals surface area contributed by atoms with Gasteiger partial charge in [0.05, 0.1) is 0 Å². The van der Waals surface area contributed by atoms with Gasteiger partial charge in [0.25, 0.3) is 0 Å². The summed E-state index contributed by atoms with van der Waals surface area (Å²) in [6.45, 7) is 1.87. The molecule has 0 atom stereocenters. The molecule has 0 amide bonds. The van der Waals surface area contributed by atoms with Crippen molar-refractivity contribution in [3.63, 3.8) is 0 Å². The molecule has 0 aliphatic carbocycles. The first-order chi connectivity index (χ1) is 7.27. The van der Waals surface area contributed by atoms with Gasteiger partial charge in [0.2, 0.25) is 0 Å². The Morgan fingerprint density at radius 1 is 1.27 bits per heavy atom. The molecule has 0 bridgehead atoms. The highest BCUT2D eigenvalue weighted by Crippen LogP contribution is 2.50. The molecule has 1 spiro atoms. The third kappa shape index (κ3) is 1.85. The Kier molecular flexibility index (Phi) is 2.57. The summed E-state index contributed by atoms with van der Waals surface area (Å²) in [7, 11) is 0. The van der Waals surface area contributed by atoms with E-state index >= 15 is 0 Å². The average Bonchev–Trinajstić information content (AvgIpc) is 2.56. The Morgan fingerprint density at radius 3 is 2.87 bits per heavy atom. The van der Waals surface area contributed by atoms with Gasteiger partial charge < -0.3 is 4.74 Å². The molecular formula is C12H13BrOS. The lowest BCUT2D eigenvalue weighted by Crippen LogP contribution is -2.32. The minimum absolute atomic E-state index is 0.446. The molecule has 80 valence electrons. The third-order valence-electron chi connectivity index (χ3n) is 3.27. The SMILES string of the molecule is Brc1ccc2c(c1)SC1(CCOCC1)C2. The van der Waals surface area contributed by atoms with Crippen LogP contribution in [-0.2, 0) is 11.2 Å². The fourth-order valence-electron chi connectivity index (χ4n) is 2.41. The molecule has 0 saturated carbocycles. The lowest BCUT2D eigenvalue weighted by Gasteiger charge is -2.32. The molecule has 0 N–H and O–H groups in total. The molecular weight excluding hydrogens is 272 g/mol. The summed E-state index contributed by atoms with van der Waals surface area (Å²) in [5.74, 6) is 0. The fourth-order valence-corrected chi connectivity index (χ4v) is 4.44. The maximum Gasteiger partial charge on any atom is 0.0479 e. The van der Waals surface area contributed by atoms with Gasteiger partial charge in [0.15, 0.2) is 0 Å². The minimum atomic E-state index is 0.446. The van der Waals surface area contributed by atoms with Gasteiger partial charge in [-0.1, -0.05) is 22.0 Å². The van der Waals surface area contributed by atoms with Gasteiger partial charge in [-0.15, -0.1) is 11.8 Å². The van der Waals surface area contributed by atoms with E-state index in [-0.39, 0.29) is 0 Å². The van der Waals surface area contributed by atoms with Gasteiger partial charge in [-0.3, -0.25) is 0 Å². The van der Waals surface area contributed by atoms with Crippen LogP contribution in [-0.4, -0.2) is 18.0 Å². The number of ether oxygens (including phenoxy) is 1. The monoisotopic (exact) mass is 284 g/mol. The summed E-state index contributed by atoms with van der Waals surface area (Å²) in [6.07, 6.45) is 3.62. The third-order valence-corrected chi connectivity index (χ3v) is 5.35. The van der Waals surface area contributed by atoms with E-state index in [1.54, 1.807) is 0 Å². The average molecular weight is 285 g/mol. The summed E-state index contributed by atoms with van der Waals surface area (Å²) >= 11 is 5.60. The van der Waals surface area contributed by atoms with Crippen molar-refractivity contribution in [3.8, 4) is 0 Å². The second kappa shape index (κ2) is 3.79. The molecule has 1 nitrogen and oxygen atoms in total. The van der Waals surface area contributed by atoms with Gasteiger partial charge in [0, 0.05) is 27.3 Å². The first kappa shape index (κ1) is 10.2.